The van der Waals surface area contributed by atoms with E-state index >= 15 is 0 Å². The van der Waals surface area contributed by atoms with E-state index in [1.165, 1.54) is 6.42 Å². The van der Waals surface area contributed by atoms with Crippen molar-refractivity contribution in [1.29, 1.82) is 0 Å². The second-order valence-electron chi connectivity index (χ2n) is 4.91. The van der Waals surface area contributed by atoms with Crippen LogP contribution in [0, 0.1) is 11.3 Å². The Labute approximate surface area is 69.2 Å². The van der Waals surface area contributed by atoms with Crippen LogP contribution in [0.2, 0.25) is 0 Å². The molecule has 1 atom stereocenters. The summed E-state index contributed by atoms with van der Waals surface area (Å²) in [5, 5.41) is 0. The van der Waals surface area contributed by atoms with E-state index in [1.54, 1.807) is 0 Å². The largest absolute Gasteiger partial charge is 0.300 e. The van der Waals surface area contributed by atoms with E-state index in [0.717, 1.165) is 19.3 Å². The highest BCUT2D eigenvalue weighted by Crippen LogP contribution is 2.33. The normalized spacial score (nSPS) is 26.1. The average molecular weight is 154 g/mol. The SMILES string of the molecule is CC(C)(C)C[C@@H]1CCC(=O)C1. The molecule has 0 bridgehead atoms. The van der Waals surface area contributed by atoms with Crippen LogP contribution in [0.4, 0.5) is 0 Å². The van der Waals surface area contributed by atoms with Crippen molar-refractivity contribution >= 4 is 5.78 Å². The third-order valence-electron chi connectivity index (χ3n) is 2.25. The number of rotatable bonds is 1. The number of hydrogen-bond acceptors (Lipinski definition) is 1. The molecule has 0 aromatic rings. The predicted molar refractivity (Wildman–Crippen MR) is 46.4 cm³/mol. The van der Waals surface area contributed by atoms with Gasteiger partial charge in [-0.1, -0.05) is 20.8 Å². The quantitative estimate of drug-likeness (QED) is 0.567. The van der Waals surface area contributed by atoms with Crippen LogP contribution >= 0.6 is 0 Å². The number of carbonyl (C=O) groups excluding carboxylic acids is 1. The van der Waals surface area contributed by atoms with Gasteiger partial charge in [-0.3, -0.25) is 4.79 Å². The van der Waals surface area contributed by atoms with E-state index in [-0.39, 0.29) is 0 Å². The fourth-order valence-electron chi connectivity index (χ4n) is 1.93. The summed E-state index contributed by atoms with van der Waals surface area (Å²) < 4.78 is 0. The first-order chi connectivity index (χ1) is 4.97. The van der Waals surface area contributed by atoms with E-state index in [4.69, 9.17) is 0 Å². The van der Waals surface area contributed by atoms with Gasteiger partial charge >= 0.3 is 0 Å². The standard InChI is InChI=1S/C10H18O/c1-10(2,3)7-8-4-5-9(11)6-8/h8H,4-7H2,1-3H3/t8-/m1/s1. The summed E-state index contributed by atoms with van der Waals surface area (Å²) in [6.07, 6.45) is 4.02. The van der Waals surface area contributed by atoms with Crippen molar-refractivity contribution in [3.8, 4) is 0 Å². The highest BCUT2D eigenvalue weighted by Gasteiger charge is 2.26. The van der Waals surface area contributed by atoms with Gasteiger partial charge in [-0.2, -0.15) is 0 Å². The molecule has 11 heavy (non-hydrogen) atoms. The lowest BCUT2D eigenvalue weighted by Gasteiger charge is -2.21. The molecule has 1 nitrogen and oxygen atoms in total. The van der Waals surface area contributed by atoms with Crippen LogP contribution in [0.5, 0.6) is 0 Å². The van der Waals surface area contributed by atoms with Crippen molar-refractivity contribution in [2.24, 2.45) is 11.3 Å². The van der Waals surface area contributed by atoms with Crippen molar-refractivity contribution in [3.05, 3.63) is 0 Å². The Morgan fingerprint density at radius 3 is 2.45 bits per heavy atom. The van der Waals surface area contributed by atoms with Gasteiger partial charge < -0.3 is 0 Å². The molecule has 1 aliphatic carbocycles. The molecule has 64 valence electrons. The van der Waals surface area contributed by atoms with Crippen LogP contribution in [0.15, 0.2) is 0 Å². The fraction of sp³-hybridized carbons (Fsp3) is 0.900. The smallest absolute Gasteiger partial charge is 0.133 e. The van der Waals surface area contributed by atoms with Gasteiger partial charge in [0.15, 0.2) is 0 Å². The maximum Gasteiger partial charge on any atom is 0.133 e. The van der Waals surface area contributed by atoms with Gasteiger partial charge in [0.1, 0.15) is 5.78 Å². The van der Waals surface area contributed by atoms with Gasteiger partial charge in [-0.25, -0.2) is 0 Å². The molecule has 0 spiro atoms. The van der Waals surface area contributed by atoms with Crippen LogP contribution in [0.3, 0.4) is 0 Å². The minimum absolute atomic E-state index is 0.398. The van der Waals surface area contributed by atoms with Crippen molar-refractivity contribution in [1.82, 2.24) is 0 Å². The molecule has 0 N–H and O–H groups in total. The van der Waals surface area contributed by atoms with Crippen LogP contribution < -0.4 is 0 Å². The number of Topliss-reactive ketones (excluding diaryl/α,β-unsaturated/α-hetero) is 1. The molecule has 0 aromatic carbocycles. The molecule has 0 saturated heterocycles. The molecular formula is C10H18O. The molecule has 0 heterocycles. The Morgan fingerprint density at radius 2 is 2.09 bits per heavy atom. The Hall–Kier alpha value is -0.330. The van der Waals surface area contributed by atoms with Gasteiger partial charge in [0.2, 0.25) is 0 Å². The van der Waals surface area contributed by atoms with Crippen LogP contribution in [0.25, 0.3) is 0 Å². The summed E-state index contributed by atoms with van der Waals surface area (Å²) in [6.45, 7) is 6.74. The molecule has 0 radical (unpaired) electrons. The Kier molecular flexibility index (Phi) is 2.36. The highest BCUT2D eigenvalue weighted by atomic mass is 16.1. The third-order valence-corrected chi connectivity index (χ3v) is 2.25. The number of ketones is 1. The summed E-state index contributed by atoms with van der Waals surface area (Å²) in [6, 6.07) is 0. The molecule has 1 aliphatic rings. The zero-order valence-electron chi connectivity index (χ0n) is 7.81. The van der Waals surface area contributed by atoms with E-state index in [9.17, 15) is 4.79 Å². The molecule has 0 unspecified atom stereocenters. The zero-order valence-corrected chi connectivity index (χ0v) is 7.81. The highest BCUT2D eigenvalue weighted by molar-refractivity contribution is 5.80. The van der Waals surface area contributed by atoms with Crippen molar-refractivity contribution in [2.75, 3.05) is 0 Å². The van der Waals surface area contributed by atoms with Gasteiger partial charge in [0, 0.05) is 12.8 Å². The second-order valence-corrected chi connectivity index (χ2v) is 4.91. The first-order valence-corrected chi connectivity index (χ1v) is 4.49. The number of carbonyl (C=O) groups is 1. The molecule has 0 aromatic heterocycles. The van der Waals surface area contributed by atoms with Gasteiger partial charge in [-0.15, -0.1) is 0 Å². The summed E-state index contributed by atoms with van der Waals surface area (Å²) in [5.74, 6) is 1.15. The van der Waals surface area contributed by atoms with Gasteiger partial charge in [0.25, 0.3) is 0 Å². The summed E-state index contributed by atoms with van der Waals surface area (Å²) in [7, 11) is 0. The summed E-state index contributed by atoms with van der Waals surface area (Å²) >= 11 is 0. The summed E-state index contributed by atoms with van der Waals surface area (Å²) in [4.78, 5) is 10.9. The number of hydrogen-bond donors (Lipinski definition) is 0. The van der Waals surface area contributed by atoms with Crippen molar-refractivity contribution in [3.63, 3.8) is 0 Å². The monoisotopic (exact) mass is 154 g/mol. The Bertz CT molecular complexity index is 153. The minimum atomic E-state index is 0.398. The topological polar surface area (TPSA) is 17.1 Å². The molecule has 0 amide bonds. The predicted octanol–water partition coefficient (Wildman–Crippen LogP) is 2.79. The molecular weight excluding hydrogens is 136 g/mol. The summed E-state index contributed by atoms with van der Waals surface area (Å²) in [5.41, 5.74) is 0.398. The van der Waals surface area contributed by atoms with Gasteiger partial charge in [0.05, 0.1) is 0 Å². The lowest BCUT2D eigenvalue weighted by Crippen LogP contribution is -2.11. The van der Waals surface area contributed by atoms with Gasteiger partial charge in [-0.05, 0) is 24.2 Å². The molecule has 1 rings (SSSR count). The van der Waals surface area contributed by atoms with Crippen LogP contribution in [0.1, 0.15) is 46.5 Å². The fourth-order valence-corrected chi connectivity index (χ4v) is 1.93. The second kappa shape index (κ2) is 2.96. The van der Waals surface area contributed by atoms with E-state index in [0.29, 0.717) is 17.1 Å². The minimum Gasteiger partial charge on any atom is -0.300 e. The van der Waals surface area contributed by atoms with E-state index < -0.39 is 0 Å². The van der Waals surface area contributed by atoms with Crippen molar-refractivity contribution in [2.45, 2.75) is 46.5 Å². The zero-order chi connectivity index (χ0) is 8.48. The van der Waals surface area contributed by atoms with E-state index in [1.807, 2.05) is 0 Å². The maximum atomic E-state index is 10.9. The molecule has 0 aliphatic heterocycles. The van der Waals surface area contributed by atoms with Crippen molar-refractivity contribution < 1.29 is 4.79 Å². The first-order valence-electron chi connectivity index (χ1n) is 4.49. The first kappa shape index (κ1) is 8.76. The molecule has 1 saturated carbocycles. The maximum absolute atomic E-state index is 10.9. The molecule has 1 heteroatoms. The molecule has 1 fully saturated rings. The lowest BCUT2D eigenvalue weighted by atomic mass is 9.84. The Balaban J connectivity index is 2.34. The van der Waals surface area contributed by atoms with Crippen LogP contribution in [-0.2, 0) is 4.79 Å². The van der Waals surface area contributed by atoms with Crippen LogP contribution in [-0.4, -0.2) is 5.78 Å². The third kappa shape index (κ3) is 3.04. The Morgan fingerprint density at radius 1 is 1.45 bits per heavy atom. The average Bonchev–Trinajstić information content (AvgIpc) is 2.10. The van der Waals surface area contributed by atoms with E-state index in [2.05, 4.69) is 20.8 Å². The lowest BCUT2D eigenvalue weighted by molar-refractivity contribution is -0.117.